The van der Waals surface area contributed by atoms with Gasteiger partial charge in [0, 0.05) is 12.0 Å². The van der Waals surface area contributed by atoms with Crippen molar-refractivity contribution in [1.82, 2.24) is 4.98 Å². The lowest BCUT2D eigenvalue weighted by Gasteiger charge is -2.25. The number of thiazole rings is 1. The summed E-state index contributed by atoms with van der Waals surface area (Å²) in [5.41, 5.74) is 2.08. The van der Waals surface area contributed by atoms with Crippen LogP contribution in [0.2, 0.25) is 5.02 Å². The highest BCUT2D eigenvalue weighted by atomic mass is 35.5. The molecule has 3 nitrogen and oxygen atoms in total. The molecule has 0 fully saturated rings. The summed E-state index contributed by atoms with van der Waals surface area (Å²) in [5, 5.41) is 13.6. The number of halogens is 2. The minimum Gasteiger partial charge on any atom is -0.361 e. The molecule has 0 unspecified atom stereocenters. The van der Waals surface area contributed by atoms with Crippen LogP contribution in [0, 0.1) is 17.1 Å². The second kappa shape index (κ2) is 6.39. The summed E-state index contributed by atoms with van der Waals surface area (Å²) in [7, 11) is 0. The summed E-state index contributed by atoms with van der Waals surface area (Å²) in [5.74, 6) is -0.239. The van der Waals surface area contributed by atoms with E-state index in [0.29, 0.717) is 22.6 Å². The van der Waals surface area contributed by atoms with E-state index in [1.807, 2.05) is 0 Å². The SMILES string of the molecule is CC(C)(CNc1nc2c(Cl)cc(C#N)cc2s1)c1ccc(F)cc1. The van der Waals surface area contributed by atoms with Gasteiger partial charge in [0.2, 0.25) is 0 Å². The van der Waals surface area contributed by atoms with Gasteiger partial charge in [-0.2, -0.15) is 5.26 Å². The van der Waals surface area contributed by atoms with Crippen molar-refractivity contribution in [1.29, 1.82) is 5.26 Å². The molecule has 3 aromatic rings. The van der Waals surface area contributed by atoms with Gasteiger partial charge in [0.25, 0.3) is 0 Å². The molecule has 0 bridgehead atoms. The number of anilines is 1. The lowest BCUT2D eigenvalue weighted by molar-refractivity contribution is 0.553. The molecular formula is C18H15ClFN3S. The molecule has 0 amide bonds. The molecule has 3 rings (SSSR count). The van der Waals surface area contributed by atoms with Gasteiger partial charge in [0.05, 0.1) is 21.4 Å². The quantitative estimate of drug-likeness (QED) is 0.683. The van der Waals surface area contributed by atoms with Crippen LogP contribution in [0.5, 0.6) is 0 Å². The number of aromatic nitrogens is 1. The van der Waals surface area contributed by atoms with E-state index in [1.165, 1.54) is 23.5 Å². The minimum atomic E-state index is -0.239. The Kier molecular flexibility index (Phi) is 4.44. The third-order valence-electron chi connectivity index (χ3n) is 3.88. The summed E-state index contributed by atoms with van der Waals surface area (Å²) < 4.78 is 14.0. The second-order valence-corrected chi connectivity index (χ2v) is 7.62. The Bertz CT molecular complexity index is 926. The summed E-state index contributed by atoms with van der Waals surface area (Å²) in [6.45, 7) is 4.81. The zero-order valence-electron chi connectivity index (χ0n) is 13.2. The zero-order valence-corrected chi connectivity index (χ0v) is 14.8. The van der Waals surface area contributed by atoms with Crippen LogP contribution in [0.25, 0.3) is 10.2 Å². The topological polar surface area (TPSA) is 48.7 Å². The first-order valence-electron chi connectivity index (χ1n) is 7.39. The van der Waals surface area contributed by atoms with Crippen LogP contribution in [0.15, 0.2) is 36.4 Å². The smallest absolute Gasteiger partial charge is 0.183 e. The Morgan fingerprint density at radius 1 is 1.29 bits per heavy atom. The molecule has 1 aromatic heterocycles. The highest BCUT2D eigenvalue weighted by Gasteiger charge is 2.21. The van der Waals surface area contributed by atoms with Gasteiger partial charge >= 0.3 is 0 Å². The van der Waals surface area contributed by atoms with E-state index in [1.54, 1.807) is 24.3 Å². The van der Waals surface area contributed by atoms with Crippen LogP contribution in [-0.2, 0) is 5.41 Å². The van der Waals surface area contributed by atoms with Gasteiger partial charge in [-0.15, -0.1) is 0 Å². The van der Waals surface area contributed by atoms with Crippen molar-refractivity contribution in [3.63, 3.8) is 0 Å². The molecule has 122 valence electrons. The normalized spacial score (nSPS) is 11.5. The molecule has 0 saturated heterocycles. The fourth-order valence-electron chi connectivity index (χ4n) is 2.43. The van der Waals surface area contributed by atoms with Crippen molar-refractivity contribution in [3.05, 3.63) is 58.4 Å². The largest absolute Gasteiger partial charge is 0.361 e. The Morgan fingerprint density at radius 3 is 2.67 bits per heavy atom. The maximum absolute atomic E-state index is 13.1. The number of fused-ring (bicyclic) bond motifs is 1. The molecule has 1 heterocycles. The van der Waals surface area contributed by atoms with Crippen LogP contribution >= 0.6 is 22.9 Å². The van der Waals surface area contributed by atoms with Crippen molar-refractivity contribution in [3.8, 4) is 6.07 Å². The molecule has 24 heavy (non-hydrogen) atoms. The van der Waals surface area contributed by atoms with Crippen LogP contribution in [0.4, 0.5) is 9.52 Å². The predicted octanol–water partition coefficient (Wildman–Crippen LogP) is 5.35. The minimum absolute atomic E-state index is 0.187. The highest BCUT2D eigenvalue weighted by Crippen LogP contribution is 2.33. The van der Waals surface area contributed by atoms with E-state index in [2.05, 4.69) is 30.2 Å². The third kappa shape index (κ3) is 3.35. The van der Waals surface area contributed by atoms with E-state index < -0.39 is 0 Å². The molecule has 0 aliphatic rings. The number of rotatable bonds is 4. The van der Waals surface area contributed by atoms with E-state index in [-0.39, 0.29) is 11.2 Å². The van der Waals surface area contributed by atoms with Crippen LogP contribution in [0.3, 0.4) is 0 Å². The van der Waals surface area contributed by atoms with E-state index >= 15 is 0 Å². The zero-order chi connectivity index (χ0) is 17.3. The first-order valence-corrected chi connectivity index (χ1v) is 8.58. The molecule has 0 aliphatic carbocycles. The second-order valence-electron chi connectivity index (χ2n) is 6.18. The van der Waals surface area contributed by atoms with Crippen molar-refractivity contribution in [2.45, 2.75) is 19.3 Å². The van der Waals surface area contributed by atoms with Gasteiger partial charge in [-0.3, -0.25) is 0 Å². The van der Waals surface area contributed by atoms with E-state index in [9.17, 15) is 4.39 Å². The van der Waals surface area contributed by atoms with Crippen molar-refractivity contribution in [2.24, 2.45) is 0 Å². The predicted molar refractivity (Wildman–Crippen MR) is 97.3 cm³/mol. The van der Waals surface area contributed by atoms with Gasteiger partial charge in [-0.1, -0.05) is 48.9 Å². The summed E-state index contributed by atoms with van der Waals surface area (Å²) in [6, 6.07) is 12.0. The van der Waals surface area contributed by atoms with Crippen molar-refractivity contribution >= 4 is 38.3 Å². The van der Waals surface area contributed by atoms with E-state index in [0.717, 1.165) is 15.4 Å². The first-order chi connectivity index (χ1) is 11.4. The number of nitriles is 1. The molecule has 0 aliphatic heterocycles. The maximum Gasteiger partial charge on any atom is 0.183 e. The van der Waals surface area contributed by atoms with Crippen LogP contribution < -0.4 is 5.32 Å². The average Bonchev–Trinajstić information content (AvgIpc) is 2.97. The van der Waals surface area contributed by atoms with Crippen molar-refractivity contribution < 1.29 is 4.39 Å². The van der Waals surface area contributed by atoms with Gasteiger partial charge in [0.15, 0.2) is 5.13 Å². The Morgan fingerprint density at radius 2 is 2.00 bits per heavy atom. The van der Waals surface area contributed by atoms with Gasteiger partial charge < -0.3 is 5.32 Å². The van der Waals surface area contributed by atoms with Crippen LogP contribution in [-0.4, -0.2) is 11.5 Å². The number of benzene rings is 2. The monoisotopic (exact) mass is 359 g/mol. The molecule has 0 radical (unpaired) electrons. The van der Waals surface area contributed by atoms with Gasteiger partial charge in [-0.05, 0) is 29.8 Å². The van der Waals surface area contributed by atoms with Gasteiger partial charge in [-0.25, -0.2) is 9.37 Å². The number of hydrogen-bond donors (Lipinski definition) is 1. The van der Waals surface area contributed by atoms with Gasteiger partial charge in [0.1, 0.15) is 11.3 Å². The van der Waals surface area contributed by atoms with Crippen molar-refractivity contribution in [2.75, 3.05) is 11.9 Å². The fraction of sp³-hybridized carbons (Fsp3) is 0.222. The standard InChI is InChI=1S/C18H15ClFN3S/c1-18(2,12-3-5-13(20)6-4-12)10-22-17-23-16-14(19)7-11(9-21)8-15(16)24-17/h3-8H,10H2,1-2H3,(H,22,23). The number of nitrogens with zero attached hydrogens (tertiary/aromatic N) is 2. The summed E-state index contributed by atoms with van der Waals surface area (Å²) in [4.78, 5) is 4.50. The maximum atomic E-state index is 13.1. The number of hydrogen-bond acceptors (Lipinski definition) is 4. The summed E-state index contributed by atoms with van der Waals surface area (Å²) >= 11 is 7.65. The molecule has 1 N–H and O–H groups in total. The Labute approximate surface area is 148 Å². The molecule has 2 aromatic carbocycles. The third-order valence-corrected chi connectivity index (χ3v) is 5.13. The lowest BCUT2D eigenvalue weighted by Crippen LogP contribution is -2.27. The Hall–Kier alpha value is -2.16. The Balaban J connectivity index is 1.81. The molecular weight excluding hydrogens is 345 g/mol. The highest BCUT2D eigenvalue weighted by molar-refractivity contribution is 7.22. The fourth-order valence-corrected chi connectivity index (χ4v) is 3.67. The molecule has 0 saturated carbocycles. The number of nitrogens with one attached hydrogen (secondary N) is 1. The summed E-state index contributed by atoms with van der Waals surface area (Å²) in [6.07, 6.45) is 0. The molecule has 0 atom stereocenters. The average molecular weight is 360 g/mol. The lowest BCUT2D eigenvalue weighted by atomic mass is 9.85. The molecule has 6 heteroatoms. The first kappa shape index (κ1) is 16.7. The molecule has 0 spiro atoms. The van der Waals surface area contributed by atoms with E-state index in [4.69, 9.17) is 16.9 Å². The van der Waals surface area contributed by atoms with Crippen LogP contribution in [0.1, 0.15) is 25.0 Å².